The predicted molar refractivity (Wildman–Crippen MR) is 110 cm³/mol. The largest absolute Gasteiger partial charge is 0.481 e. The molecule has 7 nitrogen and oxygen atoms in total. The molecule has 0 radical (unpaired) electrons. The van der Waals surface area contributed by atoms with Crippen molar-refractivity contribution in [2.45, 2.75) is 51.7 Å². The lowest BCUT2D eigenvalue weighted by molar-refractivity contribution is -0.150. The molecule has 30 heavy (non-hydrogen) atoms. The van der Waals surface area contributed by atoms with Crippen LogP contribution in [0.25, 0.3) is 0 Å². The second-order valence-corrected chi connectivity index (χ2v) is 8.14. The molecule has 1 saturated carbocycles. The summed E-state index contributed by atoms with van der Waals surface area (Å²) in [5, 5.41) is 22.2. The molecule has 3 rings (SSSR count). The molecule has 1 unspecified atom stereocenters. The van der Waals surface area contributed by atoms with Gasteiger partial charge in [0.05, 0.1) is 5.41 Å². The average molecular weight is 413 g/mol. The molecule has 0 heterocycles. The normalized spacial score (nSPS) is 26.2. The van der Waals surface area contributed by atoms with Crippen molar-refractivity contribution in [3.8, 4) is 0 Å². The number of ether oxygens (including phenoxy) is 1. The van der Waals surface area contributed by atoms with Gasteiger partial charge in [0.1, 0.15) is 6.61 Å². The molecule has 0 bridgehead atoms. The van der Waals surface area contributed by atoms with E-state index in [1.54, 1.807) is 19.1 Å². The van der Waals surface area contributed by atoms with Gasteiger partial charge in [-0.1, -0.05) is 42.0 Å². The van der Waals surface area contributed by atoms with Crippen LogP contribution in [0.2, 0.25) is 0 Å². The maximum atomic E-state index is 12.2. The number of hydrogen-bond donors (Lipinski definition) is 3. The molecule has 160 valence electrons. The molecule has 1 aromatic carbocycles. The fourth-order valence-corrected chi connectivity index (χ4v) is 4.54. The van der Waals surface area contributed by atoms with Crippen molar-refractivity contribution in [1.82, 2.24) is 5.32 Å². The van der Waals surface area contributed by atoms with Crippen molar-refractivity contribution in [3.05, 3.63) is 59.2 Å². The van der Waals surface area contributed by atoms with Gasteiger partial charge in [0.2, 0.25) is 0 Å². The third-order valence-electron chi connectivity index (χ3n) is 6.03. The monoisotopic (exact) mass is 413 g/mol. The topological polar surface area (TPSA) is 113 Å². The third kappa shape index (κ3) is 4.90. The van der Waals surface area contributed by atoms with E-state index in [2.05, 4.69) is 5.32 Å². The first-order chi connectivity index (χ1) is 14.3. The zero-order chi connectivity index (χ0) is 21.7. The summed E-state index contributed by atoms with van der Waals surface area (Å²) in [6, 6.07) is 9.32. The maximum absolute atomic E-state index is 12.2. The lowest BCUT2D eigenvalue weighted by Crippen LogP contribution is -2.45. The van der Waals surface area contributed by atoms with Crippen LogP contribution >= 0.6 is 0 Å². The molecule has 1 atom stereocenters. The van der Waals surface area contributed by atoms with Gasteiger partial charge in [-0.2, -0.15) is 0 Å². The Labute approximate surface area is 175 Å². The maximum Gasteiger partial charge on any atom is 0.407 e. The van der Waals surface area contributed by atoms with Crippen LogP contribution in [-0.4, -0.2) is 34.3 Å². The van der Waals surface area contributed by atoms with E-state index in [1.165, 1.54) is 0 Å². The molecular weight excluding hydrogens is 386 g/mol. The fourth-order valence-electron chi connectivity index (χ4n) is 4.54. The van der Waals surface area contributed by atoms with Gasteiger partial charge in [-0.3, -0.25) is 4.79 Å². The lowest BCUT2D eigenvalue weighted by atomic mass is 9.63. The zero-order valence-corrected chi connectivity index (χ0v) is 17.0. The molecule has 0 spiro atoms. The van der Waals surface area contributed by atoms with E-state index in [1.807, 2.05) is 30.3 Å². The van der Waals surface area contributed by atoms with Crippen molar-refractivity contribution in [3.63, 3.8) is 0 Å². The van der Waals surface area contributed by atoms with Crippen LogP contribution in [0.3, 0.4) is 0 Å². The predicted octanol–water partition coefficient (Wildman–Crippen LogP) is 3.90. The number of allylic oxidation sites excluding steroid dienone is 2. The first-order valence-electron chi connectivity index (χ1n) is 10.1. The average Bonchev–Trinajstić information content (AvgIpc) is 2.73. The SMILES string of the molecule is CC1=CC(C(=O)O)([C@H]2CC[C@H](NC(=O)OCc3ccccc3)CC2)CC(C(=O)O)=C1. The van der Waals surface area contributed by atoms with Crippen molar-refractivity contribution in [2.24, 2.45) is 11.3 Å². The van der Waals surface area contributed by atoms with Crippen molar-refractivity contribution in [2.75, 3.05) is 0 Å². The summed E-state index contributed by atoms with van der Waals surface area (Å²) >= 11 is 0. The number of hydrogen-bond acceptors (Lipinski definition) is 4. The van der Waals surface area contributed by atoms with Crippen LogP contribution in [0.5, 0.6) is 0 Å². The van der Waals surface area contributed by atoms with Crippen LogP contribution in [0.15, 0.2) is 53.6 Å². The summed E-state index contributed by atoms with van der Waals surface area (Å²) in [6.07, 6.45) is 5.17. The van der Waals surface area contributed by atoms with Crippen LogP contribution in [0.4, 0.5) is 4.79 Å². The van der Waals surface area contributed by atoms with Gasteiger partial charge < -0.3 is 20.3 Å². The number of carboxylic acid groups (broad SMARTS) is 2. The highest BCUT2D eigenvalue weighted by molar-refractivity contribution is 5.90. The van der Waals surface area contributed by atoms with Gasteiger partial charge in [0, 0.05) is 11.6 Å². The lowest BCUT2D eigenvalue weighted by Gasteiger charge is -2.41. The highest BCUT2D eigenvalue weighted by Crippen LogP contribution is 2.47. The Hall–Kier alpha value is -3.09. The Morgan fingerprint density at radius 2 is 1.77 bits per heavy atom. The standard InChI is InChI=1S/C23H27NO6/c1-15-11-17(20(25)26)13-23(12-15,21(27)28)18-7-9-19(10-8-18)24-22(29)30-14-16-5-3-2-4-6-16/h2-6,11-12,18-19H,7-10,13-14H2,1H3,(H,24,29)(H,25,26)(H,27,28)/t18-,19-,23?. The minimum atomic E-state index is -1.22. The molecule has 0 saturated heterocycles. The Kier molecular flexibility index (Phi) is 6.59. The first kappa shape index (κ1) is 21.6. The van der Waals surface area contributed by atoms with Crippen molar-refractivity contribution >= 4 is 18.0 Å². The number of alkyl carbamates (subject to hydrolysis) is 1. The van der Waals surface area contributed by atoms with Gasteiger partial charge in [-0.05, 0) is 56.6 Å². The van der Waals surface area contributed by atoms with E-state index in [0.717, 1.165) is 5.56 Å². The second kappa shape index (κ2) is 9.15. The summed E-state index contributed by atoms with van der Waals surface area (Å²) in [5.74, 6) is -2.26. The highest BCUT2D eigenvalue weighted by Gasteiger charge is 2.47. The number of rotatable bonds is 6. The number of carboxylic acids is 2. The molecule has 2 aliphatic carbocycles. The van der Waals surface area contributed by atoms with Crippen LogP contribution in [0.1, 0.15) is 44.6 Å². The Morgan fingerprint density at radius 3 is 2.37 bits per heavy atom. The quantitative estimate of drug-likeness (QED) is 0.652. The van der Waals surface area contributed by atoms with Crippen molar-refractivity contribution in [1.29, 1.82) is 0 Å². The van der Waals surface area contributed by atoms with E-state index < -0.39 is 23.4 Å². The molecule has 1 aromatic rings. The molecule has 7 heteroatoms. The summed E-state index contributed by atoms with van der Waals surface area (Å²) in [6.45, 7) is 1.92. The van der Waals surface area contributed by atoms with Gasteiger partial charge in [0.15, 0.2) is 0 Å². The minimum absolute atomic E-state index is 0.0170. The van der Waals surface area contributed by atoms with Gasteiger partial charge >= 0.3 is 18.0 Å². The van der Waals surface area contributed by atoms with Gasteiger partial charge in [-0.15, -0.1) is 0 Å². The molecule has 3 N–H and O–H groups in total. The summed E-state index contributed by atoms with van der Waals surface area (Å²) in [4.78, 5) is 35.8. The Balaban J connectivity index is 1.57. The van der Waals surface area contributed by atoms with E-state index >= 15 is 0 Å². The van der Waals surface area contributed by atoms with E-state index in [4.69, 9.17) is 4.74 Å². The van der Waals surface area contributed by atoms with Gasteiger partial charge in [0.25, 0.3) is 0 Å². The second-order valence-electron chi connectivity index (χ2n) is 8.14. The van der Waals surface area contributed by atoms with Crippen LogP contribution in [0, 0.1) is 11.3 Å². The van der Waals surface area contributed by atoms with E-state index in [-0.39, 0.29) is 30.6 Å². The third-order valence-corrected chi connectivity index (χ3v) is 6.03. The number of benzene rings is 1. The number of carbonyl (C=O) groups is 3. The highest BCUT2D eigenvalue weighted by atomic mass is 16.5. The van der Waals surface area contributed by atoms with Gasteiger partial charge in [-0.25, -0.2) is 9.59 Å². The molecular formula is C23H27NO6. The molecule has 1 fully saturated rings. The van der Waals surface area contributed by atoms with Crippen molar-refractivity contribution < 1.29 is 29.3 Å². The van der Waals surface area contributed by atoms with Crippen LogP contribution < -0.4 is 5.32 Å². The first-order valence-corrected chi connectivity index (χ1v) is 10.1. The minimum Gasteiger partial charge on any atom is -0.481 e. The molecule has 0 aromatic heterocycles. The van der Waals surface area contributed by atoms with Crippen LogP contribution in [-0.2, 0) is 20.9 Å². The molecule has 2 aliphatic rings. The zero-order valence-electron chi connectivity index (χ0n) is 17.0. The number of aliphatic carboxylic acids is 2. The summed E-state index contributed by atoms with van der Waals surface area (Å²) < 4.78 is 5.26. The van der Waals surface area contributed by atoms with E-state index in [0.29, 0.717) is 31.3 Å². The molecule has 1 amide bonds. The Bertz CT molecular complexity index is 867. The molecule has 0 aliphatic heterocycles. The fraction of sp³-hybridized carbons (Fsp3) is 0.435. The Morgan fingerprint density at radius 1 is 1.10 bits per heavy atom. The summed E-state index contributed by atoms with van der Waals surface area (Å²) in [5.41, 5.74) is 0.472. The summed E-state index contributed by atoms with van der Waals surface area (Å²) in [7, 11) is 0. The van der Waals surface area contributed by atoms with E-state index in [9.17, 15) is 24.6 Å². The number of amides is 1. The smallest absolute Gasteiger partial charge is 0.407 e. The number of carbonyl (C=O) groups excluding carboxylic acids is 1. The number of nitrogens with one attached hydrogen (secondary N) is 1.